The number of carbonyl (C=O) groups excluding carboxylic acids is 1. The topological polar surface area (TPSA) is 129 Å². The monoisotopic (exact) mass is 477 g/mol. The number of methoxy groups -OCH3 is 2. The Labute approximate surface area is 196 Å². The number of para-hydroxylation sites is 1. The largest absolute Gasteiger partial charge is 0.497 e. The molecule has 0 aromatic heterocycles. The van der Waals surface area contributed by atoms with Gasteiger partial charge in [-0.1, -0.05) is 12.1 Å². The lowest BCUT2D eigenvalue weighted by molar-refractivity contribution is -0.159. The quantitative estimate of drug-likeness (QED) is 0.514. The zero-order chi connectivity index (χ0) is 25.1. The predicted octanol–water partition coefficient (Wildman–Crippen LogP) is 2.15. The Morgan fingerprint density at radius 1 is 0.971 bits per heavy atom. The molecule has 11 heteroatoms. The summed E-state index contributed by atoms with van der Waals surface area (Å²) in [5.74, 6) is -2.68. The van der Waals surface area contributed by atoms with Crippen molar-refractivity contribution in [3.8, 4) is 11.5 Å². The van der Waals surface area contributed by atoms with Gasteiger partial charge in [0.1, 0.15) is 17.3 Å². The molecule has 1 fully saturated rings. The van der Waals surface area contributed by atoms with Crippen molar-refractivity contribution in [3.63, 3.8) is 0 Å². The molecule has 0 radical (unpaired) electrons. The molecule has 0 bridgehead atoms. The number of halogens is 1. The summed E-state index contributed by atoms with van der Waals surface area (Å²) in [6, 6.07) is 12.1. The van der Waals surface area contributed by atoms with Gasteiger partial charge in [0.2, 0.25) is 5.91 Å². The second-order valence-corrected chi connectivity index (χ2v) is 7.25. The number of carboxylic acid groups (broad SMARTS) is 2. The minimum atomic E-state index is -1.82. The van der Waals surface area contributed by atoms with Gasteiger partial charge in [0, 0.05) is 45.2 Å². The number of rotatable bonds is 7. The van der Waals surface area contributed by atoms with E-state index in [1.807, 2.05) is 11.0 Å². The number of hydrogen-bond acceptors (Lipinski definition) is 7. The van der Waals surface area contributed by atoms with E-state index in [2.05, 4.69) is 10.2 Å². The van der Waals surface area contributed by atoms with Crippen LogP contribution in [-0.4, -0.2) is 79.9 Å². The van der Waals surface area contributed by atoms with E-state index in [1.165, 1.54) is 6.07 Å². The first-order valence-electron chi connectivity index (χ1n) is 10.4. The maximum Gasteiger partial charge on any atom is 0.414 e. The maximum absolute atomic E-state index is 13.9. The van der Waals surface area contributed by atoms with Crippen LogP contribution in [0.2, 0.25) is 0 Å². The lowest BCUT2D eigenvalue weighted by atomic mass is 10.2. The molecular weight excluding hydrogens is 449 g/mol. The molecule has 3 rings (SSSR count). The average Bonchev–Trinajstić information content (AvgIpc) is 2.83. The van der Waals surface area contributed by atoms with Crippen molar-refractivity contribution >= 4 is 29.2 Å². The van der Waals surface area contributed by atoms with Crippen molar-refractivity contribution in [1.82, 2.24) is 4.90 Å². The summed E-state index contributed by atoms with van der Waals surface area (Å²) in [6.07, 6.45) is 0.375. The molecular formula is C23H28FN3O7. The van der Waals surface area contributed by atoms with Crippen LogP contribution in [0.25, 0.3) is 0 Å². The van der Waals surface area contributed by atoms with E-state index in [0.717, 1.165) is 26.2 Å². The third-order valence-corrected chi connectivity index (χ3v) is 5.08. The molecule has 1 aliphatic heterocycles. The summed E-state index contributed by atoms with van der Waals surface area (Å²) < 4.78 is 24.4. The van der Waals surface area contributed by atoms with E-state index in [-0.39, 0.29) is 11.7 Å². The highest BCUT2D eigenvalue weighted by atomic mass is 19.1. The number of benzene rings is 2. The molecule has 0 spiro atoms. The number of hydrogen-bond donors (Lipinski definition) is 3. The number of aliphatic carboxylic acids is 2. The van der Waals surface area contributed by atoms with Gasteiger partial charge in [-0.15, -0.1) is 0 Å². The first-order valence-corrected chi connectivity index (χ1v) is 10.4. The van der Waals surface area contributed by atoms with Gasteiger partial charge >= 0.3 is 11.9 Å². The normalized spacial score (nSPS) is 13.3. The van der Waals surface area contributed by atoms with Crippen molar-refractivity contribution in [2.24, 2.45) is 0 Å². The van der Waals surface area contributed by atoms with Crippen LogP contribution in [0.3, 0.4) is 0 Å². The number of nitrogens with one attached hydrogen (secondary N) is 1. The van der Waals surface area contributed by atoms with Crippen molar-refractivity contribution < 1.29 is 38.5 Å². The second kappa shape index (κ2) is 13.0. The maximum atomic E-state index is 13.9. The minimum Gasteiger partial charge on any atom is -0.497 e. The van der Waals surface area contributed by atoms with E-state index in [9.17, 15) is 9.18 Å². The summed E-state index contributed by atoms with van der Waals surface area (Å²) in [4.78, 5) is 34.8. The smallest absolute Gasteiger partial charge is 0.414 e. The Balaban J connectivity index is 0.000000604. The van der Waals surface area contributed by atoms with E-state index in [1.54, 1.807) is 44.6 Å². The molecule has 0 aliphatic carbocycles. The van der Waals surface area contributed by atoms with Gasteiger partial charge in [-0.25, -0.2) is 14.0 Å². The van der Waals surface area contributed by atoms with Gasteiger partial charge in [-0.05, 0) is 24.3 Å². The van der Waals surface area contributed by atoms with Gasteiger partial charge in [0.25, 0.3) is 0 Å². The molecule has 184 valence electrons. The lowest BCUT2D eigenvalue weighted by Crippen LogP contribution is -2.47. The summed E-state index contributed by atoms with van der Waals surface area (Å²) in [7, 11) is 3.14. The third-order valence-electron chi connectivity index (χ3n) is 5.08. The second-order valence-electron chi connectivity index (χ2n) is 7.25. The highest BCUT2D eigenvalue weighted by Gasteiger charge is 2.20. The van der Waals surface area contributed by atoms with Crippen LogP contribution in [0.5, 0.6) is 11.5 Å². The zero-order valence-corrected chi connectivity index (χ0v) is 19.0. The van der Waals surface area contributed by atoms with Crippen LogP contribution in [0.4, 0.5) is 15.8 Å². The Hall–Kier alpha value is -3.86. The highest BCUT2D eigenvalue weighted by Crippen LogP contribution is 2.29. The Bertz CT molecular complexity index is 982. The fourth-order valence-corrected chi connectivity index (χ4v) is 3.30. The molecule has 1 heterocycles. The highest BCUT2D eigenvalue weighted by molar-refractivity contribution is 6.27. The number of carboxylic acids is 2. The van der Waals surface area contributed by atoms with E-state index in [0.29, 0.717) is 35.8 Å². The van der Waals surface area contributed by atoms with Crippen LogP contribution in [-0.2, 0) is 14.4 Å². The predicted molar refractivity (Wildman–Crippen MR) is 123 cm³/mol. The van der Waals surface area contributed by atoms with Crippen molar-refractivity contribution in [3.05, 3.63) is 48.3 Å². The van der Waals surface area contributed by atoms with Crippen LogP contribution >= 0.6 is 0 Å². The van der Waals surface area contributed by atoms with Crippen molar-refractivity contribution in [2.75, 3.05) is 57.2 Å². The summed E-state index contributed by atoms with van der Waals surface area (Å²) in [5, 5.41) is 17.7. The average molecular weight is 477 g/mol. The van der Waals surface area contributed by atoms with E-state index in [4.69, 9.17) is 29.3 Å². The number of amides is 1. The molecule has 0 saturated carbocycles. The van der Waals surface area contributed by atoms with Crippen LogP contribution < -0.4 is 19.7 Å². The molecule has 1 amide bonds. The molecule has 1 aliphatic rings. The first kappa shape index (κ1) is 26.4. The van der Waals surface area contributed by atoms with Crippen molar-refractivity contribution in [1.29, 1.82) is 0 Å². The fourth-order valence-electron chi connectivity index (χ4n) is 3.30. The summed E-state index contributed by atoms with van der Waals surface area (Å²) >= 11 is 0. The van der Waals surface area contributed by atoms with Gasteiger partial charge in [0.05, 0.1) is 25.6 Å². The Kier molecular flexibility index (Phi) is 10.1. The third kappa shape index (κ3) is 7.93. The molecule has 34 heavy (non-hydrogen) atoms. The van der Waals surface area contributed by atoms with E-state index >= 15 is 0 Å². The molecule has 10 nitrogen and oxygen atoms in total. The number of carbonyl (C=O) groups is 3. The Morgan fingerprint density at radius 2 is 1.62 bits per heavy atom. The SMILES string of the molecule is COc1ccc(OC)c(NC(=O)CCN2CCN(c3ccccc3F)CC2)c1.O=C(O)C(=O)O. The molecule has 2 aromatic carbocycles. The number of piperazine rings is 1. The summed E-state index contributed by atoms with van der Waals surface area (Å²) in [5.41, 5.74) is 1.24. The lowest BCUT2D eigenvalue weighted by Gasteiger charge is -2.36. The Morgan fingerprint density at radius 3 is 2.18 bits per heavy atom. The van der Waals surface area contributed by atoms with Crippen LogP contribution in [0.1, 0.15) is 6.42 Å². The van der Waals surface area contributed by atoms with Crippen molar-refractivity contribution in [2.45, 2.75) is 6.42 Å². The van der Waals surface area contributed by atoms with E-state index < -0.39 is 11.9 Å². The molecule has 0 unspecified atom stereocenters. The zero-order valence-electron chi connectivity index (χ0n) is 19.0. The van der Waals surface area contributed by atoms with Crippen LogP contribution in [0.15, 0.2) is 42.5 Å². The first-order chi connectivity index (χ1) is 16.2. The van der Waals surface area contributed by atoms with Gasteiger partial charge < -0.3 is 29.9 Å². The summed E-state index contributed by atoms with van der Waals surface area (Å²) in [6.45, 7) is 3.73. The van der Waals surface area contributed by atoms with Gasteiger partial charge in [-0.2, -0.15) is 0 Å². The fraction of sp³-hybridized carbons (Fsp3) is 0.348. The molecule has 2 aromatic rings. The number of anilines is 2. The number of ether oxygens (including phenoxy) is 2. The van der Waals surface area contributed by atoms with Crippen LogP contribution in [0, 0.1) is 5.82 Å². The minimum absolute atomic E-state index is 0.0805. The molecule has 1 saturated heterocycles. The van der Waals surface area contributed by atoms with Gasteiger partial charge in [0.15, 0.2) is 0 Å². The molecule has 0 atom stereocenters. The molecule has 3 N–H and O–H groups in total. The van der Waals surface area contributed by atoms with Gasteiger partial charge in [-0.3, -0.25) is 9.69 Å². The number of nitrogens with zero attached hydrogens (tertiary/aromatic N) is 2. The standard InChI is InChI=1S/C21H26FN3O3.C2H2O4/c1-27-16-7-8-20(28-2)18(15-16)23-21(26)9-10-24-11-13-25(14-12-24)19-6-4-3-5-17(19)22;3-1(4)2(5)6/h3-8,15H,9-14H2,1-2H3,(H,23,26);(H,3,4)(H,5,6).